The number of hydrogen-bond acceptors (Lipinski definition) is 1. The van der Waals surface area contributed by atoms with Crippen LogP contribution in [0.2, 0.25) is 0 Å². The molecule has 0 unspecified atom stereocenters. The molecule has 0 spiro atoms. The van der Waals surface area contributed by atoms with E-state index in [0.717, 1.165) is 30.6 Å². The van der Waals surface area contributed by atoms with E-state index in [-0.39, 0.29) is 10.8 Å². The van der Waals surface area contributed by atoms with Crippen molar-refractivity contribution in [1.82, 2.24) is 0 Å². The fourth-order valence-corrected chi connectivity index (χ4v) is 3.68. The van der Waals surface area contributed by atoms with Gasteiger partial charge in [0, 0.05) is 11.4 Å². The summed E-state index contributed by atoms with van der Waals surface area (Å²) < 4.78 is 0. The zero-order valence-electron chi connectivity index (χ0n) is 25.7. The van der Waals surface area contributed by atoms with Gasteiger partial charge in [-0.2, -0.15) is 0 Å². The van der Waals surface area contributed by atoms with Crippen molar-refractivity contribution in [1.29, 1.82) is 0 Å². The van der Waals surface area contributed by atoms with Gasteiger partial charge < -0.3 is 5.32 Å². The van der Waals surface area contributed by atoms with Gasteiger partial charge in [0.25, 0.3) is 0 Å². The van der Waals surface area contributed by atoms with Crippen LogP contribution in [0.1, 0.15) is 110 Å². The van der Waals surface area contributed by atoms with E-state index < -0.39 is 0 Å². The van der Waals surface area contributed by atoms with Crippen LogP contribution in [0.4, 0.5) is 5.69 Å². The SMILES string of the molecule is C#C.C=C(C)CC.C=C(CCc1cc(C(C)(C)C)c(C)c(C(C)(C)C)c1)Nc1ccc(C)cc1.CC. The van der Waals surface area contributed by atoms with Crippen LogP contribution in [0.3, 0.4) is 0 Å². The van der Waals surface area contributed by atoms with Crippen molar-refractivity contribution in [3.05, 3.63) is 88.6 Å². The highest BCUT2D eigenvalue weighted by Gasteiger charge is 2.24. The topological polar surface area (TPSA) is 12.0 Å². The Bertz CT molecular complexity index is 906. The third-order valence-electron chi connectivity index (χ3n) is 5.78. The summed E-state index contributed by atoms with van der Waals surface area (Å²) in [6.45, 7) is 34.3. The third-order valence-corrected chi connectivity index (χ3v) is 5.78. The van der Waals surface area contributed by atoms with Crippen LogP contribution in [0.5, 0.6) is 0 Å². The highest BCUT2D eigenvalue weighted by atomic mass is 14.9. The monoisotopic (exact) mass is 489 g/mol. The molecule has 0 radical (unpaired) electrons. The second-order valence-electron chi connectivity index (χ2n) is 11.2. The maximum Gasteiger partial charge on any atom is 0.0381 e. The van der Waals surface area contributed by atoms with Gasteiger partial charge in [-0.15, -0.1) is 19.4 Å². The smallest absolute Gasteiger partial charge is 0.0381 e. The van der Waals surface area contributed by atoms with Crippen molar-refractivity contribution in [2.75, 3.05) is 5.32 Å². The Labute approximate surface area is 225 Å². The molecule has 1 N–H and O–H groups in total. The molecule has 0 fully saturated rings. The molecule has 0 amide bonds. The summed E-state index contributed by atoms with van der Waals surface area (Å²) in [4.78, 5) is 0. The van der Waals surface area contributed by atoms with Crippen LogP contribution >= 0.6 is 0 Å². The van der Waals surface area contributed by atoms with E-state index in [1.807, 2.05) is 20.8 Å². The van der Waals surface area contributed by atoms with Crippen LogP contribution in [0, 0.1) is 26.7 Å². The molecule has 1 nitrogen and oxygen atoms in total. The Morgan fingerprint density at radius 1 is 0.833 bits per heavy atom. The van der Waals surface area contributed by atoms with E-state index >= 15 is 0 Å². The van der Waals surface area contributed by atoms with E-state index in [4.69, 9.17) is 0 Å². The average molecular weight is 490 g/mol. The van der Waals surface area contributed by atoms with Gasteiger partial charge in [-0.05, 0) is 85.3 Å². The number of rotatable bonds is 6. The molecule has 0 atom stereocenters. The number of hydrogen-bond donors (Lipinski definition) is 1. The summed E-state index contributed by atoms with van der Waals surface area (Å²) in [6, 6.07) is 13.3. The number of benzene rings is 2. The van der Waals surface area contributed by atoms with Crippen molar-refractivity contribution in [3.63, 3.8) is 0 Å². The van der Waals surface area contributed by atoms with Crippen LogP contribution < -0.4 is 5.32 Å². The second kappa shape index (κ2) is 16.9. The lowest BCUT2D eigenvalue weighted by atomic mass is 9.75. The molecular weight excluding hydrogens is 434 g/mol. The highest BCUT2D eigenvalue weighted by Crippen LogP contribution is 2.35. The summed E-state index contributed by atoms with van der Waals surface area (Å²) in [5, 5.41) is 3.45. The standard InChI is InChI=1S/C26H37N.C5H10.C2H6.C2H2/c1-18-10-14-22(15-11-18)27-19(2)12-13-21-16-23(25(4,5)6)20(3)24(17-21)26(7,8)9;1-4-5(2)3;2*1-2/h10-11,14-17,27H,2,12-13H2,1,3-9H3;2,4H2,1,3H3;1-2H3;1-2H. The number of allylic oxidation sites excluding steroid dienone is 2. The fourth-order valence-electron chi connectivity index (χ4n) is 3.68. The summed E-state index contributed by atoms with van der Waals surface area (Å²) >= 11 is 0. The zero-order valence-corrected chi connectivity index (χ0v) is 25.7. The first kappa shape index (κ1) is 35.4. The molecule has 0 aliphatic carbocycles. The van der Waals surface area contributed by atoms with Gasteiger partial charge >= 0.3 is 0 Å². The third kappa shape index (κ3) is 13.4. The zero-order chi connectivity index (χ0) is 28.7. The minimum Gasteiger partial charge on any atom is -0.359 e. The molecule has 0 aromatic heterocycles. The molecule has 0 saturated carbocycles. The largest absolute Gasteiger partial charge is 0.359 e. The molecule has 2 rings (SSSR count). The van der Waals surface area contributed by atoms with Crippen LogP contribution in [-0.2, 0) is 17.3 Å². The Kier molecular flexibility index (Phi) is 16.6. The lowest BCUT2D eigenvalue weighted by molar-refractivity contribution is 0.559. The van der Waals surface area contributed by atoms with Crippen molar-refractivity contribution < 1.29 is 0 Å². The summed E-state index contributed by atoms with van der Waals surface area (Å²) in [7, 11) is 0. The first-order valence-electron chi connectivity index (χ1n) is 13.3. The molecule has 36 heavy (non-hydrogen) atoms. The van der Waals surface area contributed by atoms with Crippen molar-refractivity contribution in [2.24, 2.45) is 0 Å². The number of aryl methyl sites for hydroxylation is 2. The van der Waals surface area contributed by atoms with Crippen LogP contribution in [-0.4, -0.2) is 0 Å². The molecule has 0 saturated heterocycles. The molecule has 0 heterocycles. The van der Waals surface area contributed by atoms with Gasteiger partial charge in [-0.1, -0.05) is 104 Å². The first-order valence-corrected chi connectivity index (χ1v) is 13.3. The molecule has 2 aromatic carbocycles. The highest BCUT2D eigenvalue weighted by molar-refractivity contribution is 5.49. The van der Waals surface area contributed by atoms with Crippen molar-refractivity contribution >= 4 is 5.69 Å². The lowest BCUT2D eigenvalue weighted by Gasteiger charge is -2.30. The Balaban J connectivity index is 0. The van der Waals surface area contributed by atoms with Crippen LogP contribution in [0.15, 0.2) is 60.8 Å². The van der Waals surface area contributed by atoms with Gasteiger partial charge in [0.1, 0.15) is 0 Å². The predicted molar refractivity (Wildman–Crippen MR) is 167 cm³/mol. The van der Waals surface area contributed by atoms with Gasteiger partial charge in [0.15, 0.2) is 0 Å². The molecule has 0 aliphatic heterocycles. The second-order valence-corrected chi connectivity index (χ2v) is 11.2. The van der Waals surface area contributed by atoms with E-state index in [0.29, 0.717) is 0 Å². The van der Waals surface area contributed by atoms with Gasteiger partial charge in [-0.25, -0.2) is 0 Å². The van der Waals surface area contributed by atoms with E-state index in [2.05, 4.69) is 130 Å². The number of anilines is 1. The predicted octanol–water partition coefficient (Wildman–Crippen LogP) is 10.7. The molecular formula is C35H55N. The minimum absolute atomic E-state index is 0.150. The van der Waals surface area contributed by atoms with E-state index in [1.54, 1.807) is 0 Å². The van der Waals surface area contributed by atoms with Crippen molar-refractivity contribution in [2.45, 2.75) is 113 Å². The number of terminal acetylenes is 1. The summed E-state index contributed by atoms with van der Waals surface area (Å²) in [5.74, 6) is 0. The maximum atomic E-state index is 4.24. The molecule has 0 aliphatic rings. The normalized spacial score (nSPS) is 10.4. The quantitative estimate of drug-likeness (QED) is 0.314. The minimum atomic E-state index is 0.150. The maximum absolute atomic E-state index is 4.24. The fraction of sp³-hybridized carbons (Fsp3) is 0.486. The van der Waals surface area contributed by atoms with Gasteiger partial charge in [0.05, 0.1) is 0 Å². The lowest BCUT2D eigenvalue weighted by Crippen LogP contribution is -2.20. The Hall–Kier alpha value is -2.72. The number of nitrogens with one attached hydrogen (secondary N) is 1. The van der Waals surface area contributed by atoms with Gasteiger partial charge in [-0.3, -0.25) is 0 Å². The van der Waals surface area contributed by atoms with E-state index in [9.17, 15) is 0 Å². The van der Waals surface area contributed by atoms with Crippen LogP contribution in [0.25, 0.3) is 0 Å². The molecule has 200 valence electrons. The first-order chi connectivity index (χ1) is 16.6. The molecule has 0 bridgehead atoms. The van der Waals surface area contributed by atoms with E-state index in [1.165, 1.54) is 33.4 Å². The van der Waals surface area contributed by atoms with Crippen molar-refractivity contribution in [3.8, 4) is 12.8 Å². The molecule has 1 heteroatoms. The Morgan fingerprint density at radius 3 is 1.56 bits per heavy atom. The summed E-state index contributed by atoms with van der Waals surface area (Å²) in [6.07, 6.45) is 11.0. The summed E-state index contributed by atoms with van der Waals surface area (Å²) in [5.41, 5.74) is 10.8. The average Bonchev–Trinajstić information content (AvgIpc) is 2.81. The van der Waals surface area contributed by atoms with Gasteiger partial charge in [0.2, 0.25) is 0 Å². The molecule has 2 aromatic rings. The Morgan fingerprint density at radius 2 is 1.22 bits per heavy atom.